The first-order valence-electron chi connectivity index (χ1n) is 8.81. The van der Waals surface area contributed by atoms with Crippen LogP contribution in [0.2, 0.25) is 0 Å². The summed E-state index contributed by atoms with van der Waals surface area (Å²) in [5, 5.41) is 10.4. The molecule has 1 N–H and O–H groups in total. The zero-order valence-corrected chi connectivity index (χ0v) is 15.5. The van der Waals surface area contributed by atoms with E-state index in [0.717, 1.165) is 45.2 Å². The van der Waals surface area contributed by atoms with Gasteiger partial charge in [-0.15, -0.1) is 11.3 Å². The maximum absolute atomic E-state index is 9.24. The number of rotatable bonds is 4. The van der Waals surface area contributed by atoms with Gasteiger partial charge in [-0.3, -0.25) is 0 Å². The Kier molecular flexibility index (Phi) is 4.43. The number of aryl methyl sites for hydroxylation is 1. The van der Waals surface area contributed by atoms with Crippen LogP contribution in [0.3, 0.4) is 0 Å². The summed E-state index contributed by atoms with van der Waals surface area (Å²) < 4.78 is 1.04. The van der Waals surface area contributed by atoms with Crippen molar-refractivity contribution in [1.29, 1.82) is 0 Å². The average molecular weight is 357 g/mol. The number of hydrogen-bond acceptors (Lipinski definition) is 7. The lowest BCUT2D eigenvalue weighted by atomic mass is 10.1. The van der Waals surface area contributed by atoms with Crippen molar-refractivity contribution in [2.75, 3.05) is 43.1 Å². The maximum Gasteiger partial charge on any atom is 0.149 e. The minimum absolute atomic E-state index is 0.100. The molecule has 7 heteroatoms. The summed E-state index contributed by atoms with van der Waals surface area (Å²) in [6.07, 6.45) is 5.41. The highest BCUT2D eigenvalue weighted by molar-refractivity contribution is 7.26. The molecule has 0 spiro atoms. The van der Waals surface area contributed by atoms with Gasteiger partial charge < -0.3 is 14.9 Å². The van der Waals surface area contributed by atoms with E-state index in [9.17, 15) is 5.11 Å². The predicted molar refractivity (Wildman–Crippen MR) is 104 cm³/mol. The highest BCUT2D eigenvalue weighted by atomic mass is 32.1. The molecule has 6 nitrogen and oxygen atoms in total. The van der Waals surface area contributed by atoms with E-state index >= 15 is 0 Å². The molecule has 0 bridgehead atoms. The fourth-order valence-corrected chi connectivity index (χ4v) is 4.78. The molecular formula is C18H23N5OS. The highest BCUT2D eigenvalue weighted by Crippen LogP contribution is 2.38. The minimum Gasteiger partial charge on any atom is -0.395 e. The van der Waals surface area contributed by atoms with E-state index in [2.05, 4.69) is 27.9 Å². The molecule has 0 aromatic carbocycles. The summed E-state index contributed by atoms with van der Waals surface area (Å²) in [4.78, 5) is 19.3. The molecule has 3 aromatic rings. The van der Waals surface area contributed by atoms with E-state index in [0.29, 0.717) is 6.54 Å². The predicted octanol–water partition coefficient (Wildman–Crippen LogP) is 2.97. The summed E-state index contributed by atoms with van der Waals surface area (Å²) in [6.45, 7) is 4.97. The summed E-state index contributed by atoms with van der Waals surface area (Å²) in [6, 6.07) is 2.19. The van der Waals surface area contributed by atoms with Gasteiger partial charge in [0.1, 0.15) is 22.8 Å². The summed E-state index contributed by atoms with van der Waals surface area (Å²) in [5.74, 6) is 1.94. The number of likely N-dealkylation sites (N-methyl/N-ethyl adjacent to an activating group) is 1. The Bertz CT molecular complexity index is 903. The Labute approximate surface area is 151 Å². The Morgan fingerprint density at radius 2 is 2.04 bits per heavy atom. The van der Waals surface area contributed by atoms with Gasteiger partial charge in [-0.1, -0.05) is 0 Å². The van der Waals surface area contributed by atoms with Crippen molar-refractivity contribution in [2.45, 2.75) is 26.2 Å². The van der Waals surface area contributed by atoms with Gasteiger partial charge >= 0.3 is 0 Å². The number of aliphatic hydroxyl groups excluding tert-OH is 1. The van der Waals surface area contributed by atoms with Crippen LogP contribution in [0.4, 0.5) is 11.6 Å². The monoisotopic (exact) mass is 357 g/mol. The average Bonchev–Trinajstić information content (AvgIpc) is 3.01. The minimum atomic E-state index is 0.100. The third-order valence-corrected chi connectivity index (χ3v) is 5.94. The number of anilines is 2. The molecule has 0 unspecified atom stereocenters. The molecular weight excluding hydrogens is 334 g/mol. The lowest BCUT2D eigenvalue weighted by Gasteiger charge is -2.28. The first kappa shape index (κ1) is 16.5. The lowest BCUT2D eigenvalue weighted by molar-refractivity contribution is 0.304. The molecule has 4 rings (SSSR count). The highest BCUT2D eigenvalue weighted by Gasteiger charge is 2.19. The van der Waals surface area contributed by atoms with Crippen LogP contribution in [0, 0.1) is 6.92 Å². The van der Waals surface area contributed by atoms with E-state index < -0.39 is 0 Å². The number of pyridine rings is 1. The molecule has 1 fully saturated rings. The van der Waals surface area contributed by atoms with Crippen LogP contribution in [-0.2, 0) is 0 Å². The standard InChI is InChI=1S/C18H23N5OS/c1-12-10-13(23-6-4-3-5-7-23)21-18-14(12)15-16(25-18)17(20-11-19-15)22(2)8-9-24/h10-11,24H,3-9H2,1-2H3. The van der Waals surface area contributed by atoms with Crippen molar-refractivity contribution in [1.82, 2.24) is 15.0 Å². The van der Waals surface area contributed by atoms with Crippen molar-refractivity contribution in [3.05, 3.63) is 18.0 Å². The third-order valence-electron chi connectivity index (χ3n) is 4.87. The van der Waals surface area contributed by atoms with E-state index in [1.807, 2.05) is 11.9 Å². The van der Waals surface area contributed by atoms with Crippen molar-refractivity contribution in [2.24, 2.45) is 0 Å². The number of thiophene rings is 1. The zero-order valence-electron chi connectivity index (χ0n) is 14.7. The zero-order chi connectivity index (χ0) is 17.4. The molecule has 4 heterocycles. The number of hydrogen-bond donors (Lipinski definition) is 1. The second kappa shape index (κ2) is 6.72. The van der Waals surface area contributed by atoms with E-state index in [-0.39, 0.29) is 6.61 Å². The van der Waals surface area contributed by atoms with Gasteiger partial charge in [0.25, 0.3) is 0 Å². The van der Waals surface area contributed by atoms with E-state index in [4.69, 9.17) is 4.98 Å². The van der Waals surface area contributed by atoms with Crippen LogP contribution < -0.4 is 9.80 Å². The molecule has 0 radical (unpaired) electrons. The van der Waals surface area contributed by atoms with Crippen LogP contribution in [0.25, 0.3) is 20.4 Å². The fourth-order valence-electron chi connectivity index (χ4n) is 3.53. The number of aromatic nitrogens is 3. The molecule has 132 valence electrons. The fraction of sp³-hybridized carbons (Fsp3) is 0.500. The molecule has 0 saturated carbocycles. The number of aliphatic hydroxyl groups is 1. The maximum atomic E-state index is 9.24. The molecule has 1 aliphatic rings. The second-order valence-electron chi connectivity index (χ2n) is 6.65. The molecule has 0 atom stereocenters. The summed E-state index contributed by atoms with van der Waals surface area (Å²) in [5.41, 5.74) is 2.18. The second-order valence-corrected chi connectivity index (χ2v) is 7.65. The third kappa shape index (κ3) is 2.91. The van der Waals surface area contributed by atoms with Crippen LogP contribution in [0.1, 0.15) is 24.8 Å². The molecule has 25 heavy (non-hydrogen) atoms. The van der Waals surface area contributed by atoms with Gasteiger partial charge in [-0.25, -0.2) is 15.0 Å². The Balaban J connectivity index is 1.86. The van der Waals surface area contributed by atoms with Crippen molar-refractivity contribution < 1.29 is 5.11 Å². The van der Waals surface area contributed by atoms with Gasteiger partial charge in [0.05, 0.1) is 16.8 Å². The molecule has 1 saturated heterocycles. The van der Waals surface area contributed by atoms with Gasteiger partial charge in [0.2, 0.25) is 0 Å². The number of fused-ring (bicyclic) bond motifs is 3. The summed E-state index contributed by atoms with van der Waals surface area (Å²) in [7, 11) is 1.95. The SMILES string of the molecule is Cc1cc(N2CCCCC2)nc2sc3c(N(C)CCO)ncnc3c12. The van der Waals surface area contributed by atoms with Crippen molar-refractivity contribution >= 4 is 43.4 Å². The molecule has 0 aliphatic carbocycles. The normalized spacial score (nSPS) is 15.2. The molecule has 0 amide bonds. The molecule has 1 aliphatic heterocycles. The van der Waals surface area contributed by atoms with Gasteiger partial charge in [0, 0.05) is 32.1 Å². The number of nitrogens with zero attached hydrogens (tertiary/aromatic N) is 5. The Morgan fingerprint density at radius 1 is 1.24 bits per heavy atom. The topological polar surface area (TPSA) is 65.4 Å². The van der Waals surface area contributed by atoms with Crippen LogP contribution in [-0.4, -0.2) is 53.3 Å². The van der Waals surface area contributed by atoms with Crippen LogP contribution >= 0.6 is 11.3 Å². The van der Waals surface area contributed by atoms with Crippen molar-refractivity contribution in [3.8, 4) is 0 Å². The van der Waals surface area contributed by atoms with E-state index in [1.54, 1.807) is 17.7 Å². The first-order chi connectivity index (χ1) is 12.2. The van der Waals surface area contributed by atoms with Crippen molar-refractivity contribution in [3.63, 3.8) is 0 Å². The smallest absolute Gasteiger partial charge is 0.149 e. The summed E-state index contributed by atoms with van der Waals surface area (Å²) >= 11 is 1.65. The van der Waals surface area contributed by atoms with Gasteiger partial charge in [0.15, 0.2) is 0 Å². The van der Waals surface area contributed by atoms with Gasteiger partial charge in [-0.05, 0) is 37.8 Å². The quantitative estimate of drug-likeness (QED) is 0.774. The Morgan fingerprint density at radius 3 is 2.80 bits per heavy atom. The number of piperidine rings is 1. The molecule has 3 aromatic heterocycles. The van der Waals surface area contributed by atoms with E-state index in [1.165, 1.54) is 24.8 Å². The van der Waals surface area contributed by atoms with Gasteiger partial charge in [-0.2, -0.15) is 0 Å². The van der Waals surface area contributed by atoms with Crippen LogP contribution in [0.15, 0.2) is 12.4 Å². The van der Waals surface area contributed by atoms with Crippen LogP contribution in [0.5, 0.6) is 0 Å². The largest absolute Gasteiger partial charge is 0.395 e. The Hall–Kier alpha value is -1.99. The lowest BCUT2D eigenvalue weighted by Crippen LogP contribution is -2.30. The first-order valence-corrected chi connectivity index (χ1v) is 9.62.